The average Bonchev–Trinajstić information content (AvgIpc) is 2.64. The Morgan fingerprint density at radius 3 is 2.53 bits per heavy atom. The monoisotopic (exact) mass is 278 g/mol. The summed E-state index contributed by atoms with van der Waals surface area (Å²) in [6.45, 7) is 6.67. The van der Waals surface area contributed by atoms with E-state index in [1.54, 1.807) is 6.92 Å². The van der Waals surface area contributed by atoms with Gasteiger partial charge in [-0.2, -0.15) is 13.2 Å². The minimum absolute atomic E-state index is 0.184. The van der Waals surface area contributed by atoms with Gasteiger partial charge in [-0.25, -0.2) is 0 Å². The molecule has 0 bridgehead atoms. The van der Waals surface area contributed by atoms with Crippen LogP contribution in [0.25, 0.3) is 0 Å². The number of hydrogen-bond donors (Lipinski definition) is 1. The van der Waals surface area contributed by atoms with E-state index in [0.29, 0.717) is 18.8 Å². The molecule has 0 aromatic carbocycles. The molecule has 1 rings (SSSR count). The molecule has 0 radical (unpaired) electrons. The van der Waals surface area contributed by atoms with Crippen molar-refractivity contribution < 1.29 is 17.6 Å². The second-order valence-electron chi connectivity index (χ2n) is 4.49. The molecule has 0 aliphatic rings. The third kappa shape index (κ3) is 5.65. The molecular weight excluding hydrogens is 257 g/mol. The summed E-state index contributed by atoms with van der Waals surface area (Å²) in [6.07, 6.45) is -4.18. The van der Waals surface area contributed by atoms with E-state index in [2.05, 4.69) is 5.32 Å². The summed E-state index contributed by atoms with van der Waals surface area (Å²) in [5.74, 6) is 1.34. The standard InChI is InChI=1S/C13H21F3N2O/c1-4-17-7-11-6-12(19-10(11)3)8-18(5-2)9-13(14,15)16/h6,17H,4-5,7-9H2,1-3H3. The maximum atomic E-state index is 12.4. The second kappa shape index (κ2) is 6.96. The first-order valence-corrected chi connectivity index (χ1v) is 6.43. The molecule has 0 fully saturated rings. The van der Waals surface area contributed by atoms with Gasteiger partial charge in [0.05, 0.1) is 13.1 Å². The van der Waals surface area contributed by atoms with Crippen LogP contribution in [0, 0.1) is 6.92 Å². The molecule has 0 aliphatic carbocycles. The van der Waals surface area contributed by atoms with Crippen molar-refractivity contribution in [3.05, 3.63) is 23.2 Å². The molecule has 0 saturated carbocycles. The summed E-state index contributed by atoms with van der Waals surface area (Å²) in [5.41, 5.74) is 1.000. The van der Waals surface area contributed by atoms with E-state index in [9.17, 15) is 13.2 Å². The van der Waals surface area contributed by atoms with Gasteiger partial charge < -0.3 is 9.73 Å². The molecular formula is C13H21F3N2O. The molecule has 1 N–H and O–H groups in total. The zero-order valence-corrected chi connectivity index (χ0v) is 11.6. The van der Waals surface area contributed by atoms with Gasteiger partial charge in [0.2, 0.25) is 0 Å². The van der Waals surface area contributed by atoms with Crippen molar-refractivity contribution in [1.29, 1.82) is 0 Å². The normalized spacial score (nSPS) is 12.4. The highest BCUT2D eigenvalue weighted by Crippen LogP contribution is 2.20. The number of aryl methyl sites for hydroxylation is 1. The number of hydrogen-bond acceptors (Lipinski definition) is 3. The fourth-order valence-electron chi connectivity index (χ4n) is 1.85. The van der Waals surface area contributed by atoms with Crippen LogP contribution in [0.5, 0.6) is 0 Å². The summed E-state index contributed by atoms with van der Waals surface area (Å²) >= 11 is 0. The third-order valence-electron chi connectivity index (χ3n) is 2.87. The van der Waals surface area contributed by atoms with Crippen LogP contribution in [-0.2, 0) is 13.1 Å². The van der Waals surface area contributed by atoms with Gasteiger partial charge in [0, 0.05) is 12.1 Å². The largest absolute Gasteiger partial charge is 0.465 e. The van der Waals surface area contributed by atoms with Gasteiger partial charge in [-0.1, -0.05) is 13.8 Å². The average molecular weight is 278 g/mol. The fraction of sp³-hybridized carbons (Fsp3) is 0.692. The summed E-state index contributed by atoms with van der Waals surface area (Å²) in [4.78, 5) is 1.31. The predicted molar refractivity (Wildman–Crippen MR) is 67.8 cm³/mol. The SMILES string of the molecule is CCNCc1cc(CN(CC)CC(F)(F)F)oc1C. The van der Waals surface area contributed by atoms with Crippen LogP contribution in [0.2, 0.25) is 0 Å². The number of nitrogens with one attached hydrogen (secondary N) is 1. The van der Waals surface area contributed by atoms with Crippen LogP contribution in [0.15, 0.2) is 10.5 Å². The van der Waals surface area contributed by atoms with E-state index in [1.165, 1.54) is 4.90 Å². The van der Waals surface area contributed by atoms with Crippen molar-refractivity contribution in [3.63, 3.8) is 0 Å². The third-order valence-corrected chi connectivity index (χ3v) is 2.87. The van der Waals surface area contributed by atoms with Crippen molar-refractivity contribution in [1.82, 2.24) is 10.2 Å². The van der Waals surface area contributed by atoms with Crippen molar-refractivity contribution in [2.24, 2.45) is 0 Å². The van der Waals surface area contributed by atoms with Crippen LogP contribution in [0.1, 0.15) is 30.9 Å². The zero-order chi connectivity index (χ0) is 14.5. The molecule has 0 aliphatic heterocycles. The van der Waals surface area contributed by atoms with Crippen LogP contribution >= 0.6 is 0 Å². The minimum atomic E-state index is -4.18. The second-order valence-corrected chi connectivity index (χ2v) is 4.49. The van der Waals surface area contributed by atoms with E-state index >= 15 is 0 Å². The first-order valence-electron chi connectivity index (χ1n) is 6.43. The molecule has 3 nitrogen and oxygen atoms in total. The Kier molecular flexibility index (Phi) is 5.87. The van der Waals surface area contributed by atoms with Crippen LogP contribution in [0.3, 0.4) is 0 Å². The Labute approximate surface area is 111 Å². The van der Waals surface area contributed by atoms with Gasteiger partial charge in [0.15, 0.2) is 0 Å². The number of alkyl halides is 3. The molecule has 6 heteroatoms. The zero-order valence-electron chi connectivity index (χ0n) is 11.6. The van der Waals surface area contributed by atoms with Crippen molar-refractivity contribution in [2.45, 2.75) is 40.0 Å². The predicted octanol–water partition coefficient (Wildman–Crippen LogP) is 3.08. The number of furan rings is 1. The van der Waals surface area contributed by atoms with Crippen LogP contribution in [-0.4, -0.2) is 30.7 Å². The summed E-state index contributed by atoms with van der Waals surface area (Å²) in [5, 5.41) is 3.17. The summed E-state index contributed by atoms with van der Waals surface area (Å²) in [6, 6.07) is 1.83. The number of rotatable bonds is 7. The van der Waals surface area contributed by atoms with Crippen molar-refractivity contribution in [3.8, 4) is 0 Å². The first kappa shape index (κ1) is 16.0. The molecule has 0 atom stereocenters. The maximum absolute atomic E-state index is 12.4. The van der Waals surface area contributed by atoms with Crippen molar-refractivity contribution in [2.75, 3.05) is 19.6 Å². The molecule has 19 heavy (non-hydrogen) atoms. The summed E-state index contributed by atoms with van der Waals surface area (Å²) in [7, 11) is 0. The number of nitrogens with zero attached hydrogens (tertiary/aromatic N) is 1. The highest BCUT2D eigenvalue weighted by atomic mass is 19.4. The molecule has 110 valence electrons. The Hall–Kier alpha value is -1.01. The topological polar surface area (TPSA) is 28.4 Å². The van der Waals surface area contributed by atoms with Gasteiger partial charge >= 0.3 is 6.18 Å². The van der Waals surface area contributed by atoms with E-state index in [-0.39, 0.29) is 6.54 Å². The van der Waals surface area contributed by atoms with Crippen LogP contribution in [0.4, 0.5) is 13.2 Å². The Morgan fingerprint density at radius 2 is 2.00 bits per heavy atom. The van der Waals surface area contributed by atoms with Gasteiger partial charge in [-0.15, -0.1) is 0 Å². The van der Waals surface area contributed by atoms with Gasteiger partial charge in [-0.05, 0) is 26.1 Å². The highest BCUT2D eigenvalue weighted by Gasteiger charge is 2.30. The lowest BCUT2D eigenvalue weighted by molar-refractivity contribution is -0.147. The Bertz CT molecular complexity index is 388. The summed E-state index contributed by atoms with van der Waals surface area (Å²) < 4.78 is 42.6. The van der Waals surface area contributed by atoms with E-state index in [0.717, 1.165) is 17.9 Å². The van der Waals surface area contributed by atoms with Gasteiger partial charge in [0.1, 0.15) is 11.5 Å². The maximum Gasteiger partial charge on any atom is 0.401 e. The minimum Gasteiger partial charge on any atom is -0.465 e. The quantitative estimate of drug-likeness (QED) is 0.831. The number of halogens is 3. The molecule has 1 heterocycles. The lowest BCUT2D eigenvalue weighted by atomic mass is 10.2. The molecule has 0 saturated heterocycles. The molecule has 0 unspecified atom stereocenters. The van der Waals surface area contributed by atoms with E-state index in [4.69, 9.17) is 4.42 Å². The highest BCUT2D eigenvalue weighted by molar-refractivity contribution is 5.20. The molecule has 0 amide bonds. The van der Waals surface area contributed by atoms with Gasteiger partial charge in [0.25, 0.3) is 0 Å². The van der Waals surface area contributed by atoms with Gasteiger partial charge in [-0.3, -0.25) is 4.90 Å². The lowest BCUT2D eigenvalue weighted by Gasteiger charge is -2.20. The fourth-order valence-corrected chi connectivity index (χ4v) is 1.85. The van der Waals surface area contributed by atoms with E-state index in [1.807, 2.05) is 19.9 Å². The molecule has 1 aromatic rings. The lowest BCUT2D eigenvalue weighted by Crippen LogP contribution is -2.33. The van der Waals surface area contributed by atoms with E-state index < -0.39 is 12.7 Å². The smallest absolute Gasteiger partial charge is 0.401 e. The Morgan fingerprint density at radius 1 is 1.32 bits per heavy atom. The molecule has 1 aromatic heterocycles. The Balaban J connectivity index is 2.64. The van der Waals surface area contributed by atoms with Crippen LogP contribution < -0.4 is 5.32 Å². The molecule has 0 spiro atoms. The van der Waals surface area contributed by atoms with Crippen molar-refractivity contribution >= 4 is 0 Å². The first-order chi connectivity index (χ1) is 8.85.